The molecule has 2 aliphatic heterocycles. The van der Waals surface area contributed by atoms with Crippen LogP contribution < -0.4 is 4.74 Å². The number of hydrogen-bond donors (Lipinski definition) is 0. The van der Waals surface area contributed by atoms with Crippen LogP contribution in [0.25, 0.3) is 0 Å². The molecule has 6 rings (SSSR count). The second-order valence-corrected chi connectivity index (χ2v) is 10.8. The standard InChI is InChI=1S/C33H26O9/c1-32(2,3)42-41-30(35)22-14-16-26-28(18-22)38-27-17-21(29(34)40-37-19-20-9-5-4-6-10-20)13-15-25(27)33(26)24-12-8-7-11-23(24)31(36)39-33/h4-18H,19H2,1-3H3. The van der Waals surface area contributed by atoms with E-state index in [4.69, 9.17) is 29.0 Å². The molecule has 0 N–H and O–H groups in total. The summed E-state index contributed by atoms with van der Waals surface area (Å²) in [5.41, 5.74) is 1.05. The zero-order chi connectivity index (χ0) is 29.5. The summed E-state index contributed by atoms with van der Waals surface area (Å²) < 4.78 is 12.3. The van der Waals surface area contributed by atoms with E-state index >= 15 is 0 Å². The molecule has 0 amide bonds. The average molecular weight is 567 g/mol. The summed E-state index contributed by atoms with van der Waals surface area (Å²) in [5, 5.41) is 0. The first-order chi connectivity index (χ1) is 20.2. The SMILES string of the molecule is CC(C)(C)OOC(=O)c1ccc2c(c1)Oc1cc(C(=O)OOCc3ccccc3)ccc1C21OC(=O)c2ccccc21. The quantitative estimate of drug-likeness (QED) is 0.148. The van der Waals surface area contributed by atoms with E-state index in [1.165, 1.54) is 12.1 Å². The highest BCUT2D eigenvalue weighted by molar-refractivity contribution is 5.98. The van der Waals surface area contributed by atoms with Crippen molar-refractivity contribution in [1.82, 2.24) is 0 Å². The predicted molar refractivity (Wildman–Crippen MR) is 148 cm³/mol. The van der Waals surface area contributed by atoms with Crippen molar-refractivity contribution in [1.29, 1.82) is 0 Å². The lowest BCUT2D eigenvalue weighted by molar-refractivity contribution is -0.301. The Kier molecular flexibility index (Phi) is 6.76. The van der Waals surface area contributed by atoms with Crippen molar-refractivity contribution in [3.63, 3.8) is 0 Å². The molecular formula is C33H26O9. The summed E-state index contributed by atoms with van der Waals surface area (Å²) in [5.74, 6) is -1.50. The molecule has 4 aromatic rings. The lowest BCUT2D eigenvalue weighted by atomic mass is 9.77. The normalized spacial score (nSPS) is 16.5. The zero-order valence-corrected chi connectivity index (χ0v) is 23.0. The lowest BCUT2D eigenvalue weighted by Gasteiger charge is -2.36. The van der Waals surface area contributed by atoms with Crippen molar-refractivity contribution in [2.75, 3.05) is 0 Å². The van der Waals surface area contributed by atoms with Gasteiger partial charge in [0.25, 0.3) is 0 Å². The van der Waals surface area contributed by atoms with Gasteiger partial charge in [0, 0.05) is 16.7 Å². The number of carbonyl (C=O) groups is 3. The van der Waals surface area contributed by atoms with Crippen molar-refractivity contribution < 1.29 is 43.4 Å². The summed E-state index contributed by atoms with van der Waals surface area (Å²) >= 11 is 0. The molecule has 4 aromatic carbocycles. The van der Waals surface area contributed by atoms with Gasteiger partial charge in [-0.2, -0.15) is 9.78 Å². The smallest absolute Gasteiger partial charge is 0.373 e. The molecule has 0 radical (unpaired) electrons. The first-order valence-electron chi connectivity index (χ1n) is 13.2. The van der Waals surface area contributed by atoms with Crippen LogP contribution in [0, 0.1) is 0 Å². The van der Waals surface area contributed by atoms with E-state index in [-0.39, 0.29) is 29.2 Å². The largest absolute Gasteiger partial charge is 0.456 e. The third-order valence-electron chi connectivity index (χ3n) is 6.76. The summed E-state index contributed by atoms with van der Waals surface area (Å²) in [6.07, 6.45) is 0. The topological polar surface area (TPSA) is 107 Å². The number of benzene rings is 4. The highest BCUT2D eigenvalue weighted by Gasteiger charge is 2.53. The van der Waals surface area contributed by atoms with Crippen LogP contribution in [0.4, 0.5) is 0 Å². The number of ether oxygens (including phenoxy) is 2. The number of rotatable bonds is 6. The molecule has 1 atom stereocenters. The lowest BCUT2D eigenvalue weighted by Crippen LogP contribution is -2.33. The Labute approximate surface area is 241 Å². The molecule has 1 unspecified atom stereocenters. The fraction of sp³-hybridized carbons (Fsp3) is 0.182. The van der Waals surface area contributed by atoms with Crippen LogP contribution >= 0.6 is 0 Å². The first-order valence-corrected chi connectivity index (χ1v) is 13.2. The van der Waals surface area contributed by atoms with Crippen LogP contribution in [0.15, 0.2) is 91.0 Å². The third-order valence-corrected chi connectivity index (χ3v) is 6.76. The maximum Gasteiger partial charge on any atom is 0.373 e. The van der Waals surface area contributed by atoms with Crippen molar-refractivity contribution >= 4 is 17.9 Å². The van der Waals surface area contributed by atoms with Gasteiger partial charge in [-0.05, 0) is 68.8 Å². The third kappa shape index (κ3) is 4.89. The van der Waals surface area contributed by atoms with Crippen molar-refractivity contribution in [2.45, 2.75) is 38.6 Å². The Morgan fingerprint density at radius 1 is 0.738 bits per heavy atom. The predicted octanol–water partition coefficient (Wildman–Crippen LogP) is 6.43. The minimum Gasteiger partial charge on any atom is -0.456 e. The molecule has 0 aliphatic carbocycles. The maximum absolute atomic E-state index is 13.1. The van der Waals surface area contributed by atoms with E-state index in [0.717, 1.165) is 5.56 Å². The van der Waals surface area contributed by atoms with Crippen LogP contribution in [0.1, 0.15) is 74.1 Å². The second kappa shape index (κ2) is 10.4. The van der Waals surface area contributed by atoms with E-state index < -0.39 is 29.1 Å². The van der Waals surface area contributed by atoms with Gasteiger partial charge >= 0.3 is 17.9 Å². The Hall–Kier alpha value is -4.99. The van der Waals surface area contributed by atoms with Crippen molar-refractivity contribution in [2.24, 2.45) is 0 Å². The highest BCUT2D eigenvalue weighted by atomic mass is 17.2. The molecule has 9 nitrogen and oxygen atoms in total. The monoisotopic (exact) mass is 566 g/mol. The summed E-state index contributed by atoms with van der Waals surface area (Å²) in [6.45, 7) is 5.32. The molecular weight excluding hydrogens is 540 g/mol. The van der Waals surface area contributed by atoms with Crippen LogP contribution in [0.3, 0.4) is 0 Å². The molecule has 2 heterocycles. The van der Waals surface area contributed by atoms with Gasteiger partial charge in [-0.1, -0.05) is 48.5 Å². The zero-order valence-electron chi connectivity index (χ0n) is 23.0. The molecule has 0 fully saturated rings. The van der Waals surface area contributed by atoms with Gasteiger partial charge in [-0.25, -0.2) is 14.4 Å². The van der Waals surface area contributed by atoms with Crippen LogP contribution in [-0.4, -0.2) is 23.5 Å². The van der Waals surface area contributed by atoms with Gasteiger partial charge in [-0.3, -0.25) is 9.78 Å². The number of esters is 1. The minimum absolute atomic E-state index is 0.0784. The van der Waals surface area contributed by atoms with Gasteiger partial charge in [0.15, 0.2) is 5.60 Å². The number of carbonyl (C=O) groups excluding carboxylic acids is 3. The van der Waals surface area contributed by atoms with Gasteiger partial charge in [-0.15, -0.1) is 0 Å². The Morgan fingerprint density at radius 2 is 1.33 bits per heavy atom. The van der Waals surface area contributed by atoms with Crippen molar-refractivity contribution in [3.8, 4) is 11.5 Å². The first kappa shape index (κ1) is 27.2. The summed E-state index contributed by atoms with van der Waals surface area (Å²) in [7, 11) is 0. The van der Waals surface area contributed by atoms with Gasteiger partial charge in [0.05, 0.1) is 16.7 Å². The molecule has 42 heavy (non-hydrogen) atoms. The molecule has 1 spiro atoms. The molecule has 0 bridgehead atoms. The minimum atomic E-state index is -1.38. The van der Waals surface area contributed by atoms with Crippen LogP contribution in [-0.2, 0) is 36.5 Å². The molecule has 0 saturated carbocycles. The second-order valence-electron chi connectivity index (χ2n) is 10.8. The molecule has 2 aliphatic rings. The molecule has 212 valence electrons. The molecule has 0 saturated heterocycles. The maximum atomic E-state index is 13.1. The van der Waals surface area contributed by atoms with E-state index in [1.54, 1.807) is 63.2 Å². The van der Waals surface area contributed by atoms with E-state index in [9.17, 15) is 14.4 Å². The fourth-order valence-corrected chi connectivity index (χ4v) is 4.91. The average Bonchev–Trinajstić information content (AvgIpc) is 3.28. The Bertz CT molecular complexity index is 1700. The van der Waals surface area contributed by atoms with Gasteiger partial charge in [0.1, 0.15) is 23.7 Å². The Morgan fingerprint density at radius 3 is 1.98 bits per heavy atom. The highest BCUT2D eigenvalue weighted by Crippen LogP contribution is 2.56. The number of fused-ring (bicyclic) bond motifs is 6. The van der Waals surface area contributed by atoms with Gasteiger partial charge in [0.2, 0.25) is 0 Å². The van der Waals surface area contributed by atoms with E-state index in [2.05, 4.69) is 0 Å². The summed E-state index contributed by atoms with van der Waals surface area (Å²) in [6, 6.07) is 25.7. The van der Waals surface area contributed by atoms with Crippen LogP contribution in [0.2, 0.25) is 0 Å². The summed E-state index contributed by atoms with van der Waals surface area (Å²) in [4.78, 5) is 59.1. The molecule has 0 aromatic heterocycles. The van der Waals surface area contributed by atoms with Gasteiger partial charge < -0.3 is 9.47 Å². The van der Waals surface area contributed by atoms with E-state index in [0.29, 0.717) is 22.3 Å². The van der Waals surface area contributed by atoms with Crippen LogP contribution in [0.5, 0.6) is 11.5 Å². The molecule has 9 heteroatoms. The fourth-order valence-electron chi connectivity index (χ4n) is 4.91. The Balaban J connectivity index is 1.37. The van der Waals surface area contributed by atoms with Crippen molar-refractivity contribution in [3.05, 3.63) is 130 Å². The van der Waals surface area contributed by atoms with E-state index in [1.807, 2.05) is 36.4 Å². The number of hydrogen-bond acceptors (Lipinski definition) is 9.